The number of anilines is 1. The zero-order valence-corrected chi connectivity index (χ0v) is 16.3. The fourth-order valence-corrected chi connectivity index (χ4v) is 3.48. The second-order valence-corrected chi connectivity index (χ2v) is 7.69. The molecular formula is C22H19F2N3O3. The lowest BCUT2D eigenvalue weighted by Crippen LogP contribution is -2.36. The minimum Gasteiger partial charge on any atom is -0.459 e. The van der Waals surface area contributed by atoms with Crippen LogP contribution in [0.3, 0.4) is 0 Å². The molecule has 1 aliphatic heterocycles. The molecule has 0 spiro atoms. The molecule has 1 unspecified atom stereocenters. The van der Waals surface area contributed by atoms with E-state index in [1.54, 1.807) is 38.1 Å². The summed E-state index contributed by atoms with van der Waals surface area (Å²) in [6, 6.07) is 8.68. The summed E-state index contributed by atoms with van der Waals surface area (Å²) in [7, 11) is 0. The number of hydrogen-bond donors (Lipinski definition) is 2. The molecule has 4 rings (SSSR count). The molecule has 1 aromatic heterocycles. The van der Waals surface area contributed by atoms with E-state index in [2.05, 4.69) is 15.5 Å². The Morgan fingerprint density at radius 2 is 1.97 bits per heavy atom. The van der Waals surface area contributed by atoms with Crippen molar-refractivity contribution in [2.75, 3.05) is 5.32 Å². The Kier molecular flexibility index (Phi) is 4.85. The number of nitrogens with one attached hydrogen (secondary N) is 2. The van der Waals surface area contributed by atoms with Crippen molar-refractivity contribution in [2.45, 2.75) is 25.9 Å². The fourth-order valence-electron chi connectivity index (χ4n) is 3.48. The van der Waals surface area contributed by atoms with Gasteiger partial charge in [-0.05, 0) is 43.7 Å². The Hall–Kier alpha value is -3.55. The van der Waals surface area contributed by atoms with Crippen molar-refractivity contribution in [1.82, 2.24) is 10.2 Å². The van der Waals surface area contributed by atoms with Gasteiger partial charge in [0, 0.05) is 11.5 Å². The Morgan fingerprint density at radius 3 is 2.63 bits per heavy atom. The summed E-state index contributed by atoms with van der Waals surface area (Å²) in [6.45, 7) is 3.30. The van der Waals surface area contributed by atoms with Crippen molar-refractivity contribution >= 4 is 40.6 Å². The van der Waals surface area contributed by atoms with Crippen LogP contribution in [-0.4, -0.2) is 27.7 Å². The monoisotopic (exact) mass is 411 g/mol. The number of fused-ring (bicyclic) bond motifs is 1. The number of halogens is 2. The number of H-pyrrole nitrogens is 1. The molecule has 30 heavy (non-hydrogen) atoms. The predicted octanol–water partition coefficient (Wildman–Crippen LogP) is 4.29. The van der Waals surface area contributed by atoms with Crippen LogP contribution in [0.2, 0.25) is 0 Å². The maximum atomic E-state index is 14.5. The van der Waals surface area contributed by atoms with Crippen molar-refractivity contribution in [1.29, 1.82) is 0 Å². The van der Waals surface area contributed by atoms with Gasteiger partial charge in [-0.2, -0.15) is 5.10 Å². The molecule has 1 fully saturated rings. The molecule has 2 aromatic carbocycles. The van der Waals surface area contributed by atoms with Gasteiger partial charge in [-0.15, -0.1) is 0 Å². The van der Waals surface area contributed by atoms with E-state index < -0.39 is 29.2 Å². The van der Waals surface area contributed by atoms with E-state index in [9.17, 15) is 18.4 Å². The lowest BCUT2D eigenvalue weighted by Gasteiger charge is -2.23. The van der Waals surface area contributed by atoms with E-state index in [1.807, 2.05) is 0 Å². The topological polar surface area (TPSA) is 84.1 Å². The van der Waals surface area contributed by atoms with Gasteiger partial charge in [-0.25, -0.2) is 8.78 Å². The third-order valence-corrected chi connectivity index (χ3v) is 5.14. The van der Waals surface area contributed by atoms with Gasteiger partial charge < -0.3 is 10.1 Å². The smallest absolute Gasteiger partial charge is 0.307 e. The SMILES string of the molecule is CC1(C)OC(=O)CC1C(=O)Nc1cc2c(C=Cc3ccc(F)cc3)n[nH]c2cc1F. The molecule has 2 heterocycles. The number of rotatable bonds is 4. The third kappa shape index (κ3) is 3.80. The Morgan fingerprint density at radius 1 is 1.23 bits per heavy atom. The second kappa shape index (κ2) is 7.37. The number of benzene rings is 2. The van der Waals surface area contributed by atoms with Gasteiger partial charge in [0.1, 0.15) is 17.2 Å². The van der Waals surface area contributed by atoms with Crippen LogP contribution in [0.25, 0.3) is 23.1 Å². The molecule has 1 saturated heterocycles. The molecule has 1 amide bonds. The zero-order chi connectivity index (χ0) is 21.5. The number of aromatic amines is 1. The number of cyclic esters (lactones) is 1. The fraction of sp³-hybridized carbons (Fsp3) is 0.227. The highest BCUT2D eigenvalue weighted by Crippen LogP contribution is 2.34. The highest BCUT2D eigenvalue weighted by molar-refractivity contribution is 5.99. The van der Waals surface area contributed by atoms with Gasteiger partial charge in [0.2, 0.25) is 5.91 Å². The summed E-state index contributed by atoms with van der Waals surface area (Å²) in [5, 5.41) is 10.1. The normalized spacial score (nSPS) is 18.1. The summed E-state index contributed by atoms with van der Waals surface area (Å²) in [4.78, 5) is 24.2. The lowest BCUT2D eigenvalue weighted by molar-refractivity contribution is -0.147. The maximum Gasteiger partial charge on any atom is 0.307 e. The van der Waals surface area contributed by atoms with Gasteiger partial charge in [0.05, 0.1) is 29.2 Å². The van der Waals surface area contributed by atoms with E-state index in [0.29, 0.717) is 16.6 Å². The quantitative estimate of drug-likeness (QED) is 0.628. The molecule has 0 saturated carbocycles. The number of ether oxygens (including phenoxy) is 1. The van der Waals surface area contributed by atoms with E-state index in [1.165, 1.54) is 24.3 Å². The van der Waals surface area contributed by atoms with Crippen LogP contribution in [0.4, 0.5) is 14.5 Å². The van der Waals surface area contributed by atoms with Crippen LogP contribution >= 0.6 is 0 Å². The Bertz CT molecular complexity index is 1170. The predicted molar refractivity (Wildman–Crippen MR) is 108 cm³/mol. The number of nitrogens with zero attached hydrogens (tertiary/aromatic N) is 1. The van der Waals surface area contributed by atoms with Gasteiger partial charge in [0.15, 0.2) is 0 Å². The summed E-state index contributed by atoms with van der Waals surface area (Å²) in [5.74, 6) is -2.63. The van der Waals surface area contributed by atoms with E-state index in [4.69, 9.17) is 4.74 Å². The second-order valence-electron chi connectivity index (χ2n) is 7.69. The molecule has 0 bridgehead atoms. The lowest BCUT2D eigenvalue weighted by atomic mass is 9.90. The van der Waals surface area contributed by atoms with Gasteiger partial charge in [0.25, 0.3) is 0 Å². The van der Waals surface area contributed by atoms with E-state index in [-0.39, 0.29) is 17.9 Å². The number of amides is 1. The van der Waals surface area contributed by atoms with Crippen molar-refractivity contribution in [3.63, 3.8) is 0 Å². The molecule has 0 radical (unpaired) electrons. The molecule has 8 heteroatoms. The summed E-state index contributed by atoms with van der Waals surface area (Å²) < 4.78 is 32.7. The van der Waals surface area contributed by atoms with Crippen molar-refractivity contribution < 1.29 is 23.1 Å². The van der Waals surface area contributed by atoms with Crippen molar-refractivity contribution in [2.24, 2.45) is 5.92 Å². The maximum absolute atomic E-state index is 14.5. The average molecular weight is 411 g/mol. The zero-order valence-electron chi connectivity index (χ0n) is 16.3. The largest absolute Gasteiger partial charge is 0.459 e. The van der Waals surface area contributed by atoms with Crippen LogP contribution in [0.1, 0.15) is 31.5 Å². The first-order valence-electron chi connectivity index (χ1n) is 9.37. The van der Waals surface area contributed by atoms with Crippen molar-refractivity contribution in [3.05, 3.63) is 59.3 Å². The molecule has 1 atom stereocenters. The van der Waals surface area contributed by atoms with Gasteiger partial charge in [-0.3, -0.25) is 14.7 Å². The van der Waals surface area contributed by atoms with E-state index >= 15 is 0 Å². The summed E-state index contributed by atoms with van der Waals surface area (Å²) in [6.07, 6.45) is 3.41. The summed E-state index contributed by atoms with van der Waals surface area (Å²) >= 11 is 0. The average Bonchev–Trinajstić information content (AvgIpc) is 3.20. The minimum absolute atomic E-state index is 0.0134. The standard InChI is InChI=1S/C22H19F2N3O3/c1-22(2)15(10-20(28)30-22)21(29)25-19-9-14-17(26-27-18(14)11-16(19)24)8-5-12-3-6-13(23)7-4-12/h3-9,11,15H,10H2,1-2H3,(H,25,29)(H,26,27). The first kappa shape index (κ1) is 19.8. The third-order valence-electron chi connectivity index (χ3n) is 5.14. The van der Waals surface area contributed by atoms with Crippen LogP contribution in [0.15, 0.2) is 36.4 Å². The molecule has 2 N–H and O–H groups in total. The van der Waals surface area contributed by atoms with Crippen LogP contribution in [-0.2, 0) is 14.3 Å². The number of carbonyl (C=O) groups is 2. The van der Waals surface area contributed by atoms with Gasteiger partial charge >= 0.3 is 5.97 Å². The van der Waals surface area contributed by atoms with Gasteiger partial charge in [-0.1, -0.05) is 18.2 Å². The molecule has 3 aromatic rings. The Balaban J connectivity index is 1.61. The number of hydrogen-bond acceptors (Lipinski definition) is 4. The molecule has 0 aliphatic carbocycles. The van der Waals surface area contributed by atoms with E-state index in [0.717, 1.165) is 5.56 Å². The van der Waals surface area contributed by atoms with Crippen molar-refractivity contribution in [3.8, 4) is 0 Å². The van der Waals surface area contributed by atoms with Crippen LogP contribution in [0, 0.1) is 17.6 Å². The van der Waals surface area contributed by atoms with Crippen LogP contribution in [0.5, 0.6) is 0 Å². The molecule has 1 aliphatic rings. The highest BCUT2D eigenvalue weighted by Gasteiger charge is 2.46. The first-order chi connectivity index (χ1) is 14.2. The minimum atomic E-state index is -0.958. The van der Waals surface area contributed by atoms with Crippen LogP contribution < -0.4 is 5.32 Å². The first-order valence-corrected chi connectivity index (χ1v) is 9.37. The molecule has 154 valence electrons. The molecular weight excluding hydrogens is 392 g/mol. The summed E-state index contributed by atoms with van der Waals surface area (Å²) in [5.41, 5.74) is 0.797. The number of carbonyl (C=O) groups excluding carboxylic acids is 2. The molecule has 6 nitrogen and oxygen atoms in total. The highest BCUT2D eigenvalue weighted by atomic mass is 19.1. The number of aromatic nitrogens is 2. The number of esters is 1. The Labute approximate surface area is 170 Å².